The summed E-state index contributed by atoms with van der Waals surface area (Å²) in [6.07, 6.45) is -1.95. The molecule has 0 aromatic rings. The first kappa shape index (κ1) is 22.7. The van der Waals surface area contributed by atoms with E-state index in [2.05, 4.69) is 15.6 Å². The fourth-order valence-corrected chi connectivity index (χ4v) is 2.01. The Morgan fingerprint density at radius 2 is 2.13 bits per heavy atom. The Balaban J connectivity index is 0.00000484. The first-order valence-corrected chi connectivity index (χ1v) is 7.79. The molecule has 1 heterocycles. The highest BCUT2D eigenvalue weighted by Gasteiger charge is 2.26. The molecule has 1 aliphatic heterocycles. The Labute approximate surface area is 152 Å². The predicted molar refractivity (Wildman–Crippen MR) is 94.5 cm³/mol. The number of nitrogens with zero attached hydrogens (tertiary/aromatic N) is 1. The summed E-state index contributed by atoms with van der Waals surface area (Å²) < 4.78 is 47.2. The number of rotatable bonds is 9. The number of halogens is 4. The van der Waals surface area contributed by atoms with Gasteiger partial charge in [0.25, 0.3) is 0 Å². The topological polar surface area (TPSA) is 54.9 Å². The summed E-state index contributed by atoms with van der Waals surface area (Å²) in [5, 5.41) is 5.59. The maximum Gasteiger partial charge on any atom is 0.390 e. The molecule has 0 saturated carbocycles. The van der Waals surface area contributed by atoms with Crippen molar-refractivity contribution in [2.24, 2.45) is 4.99 Å². The van der Waals surface area contributed by atoms with Crippen LogP contribution >= 0.6 is 24.0 Å². The summed E-state index contributed by atoms with van der Waals surface area (Å²) in [4.78, 5) is 4.22. The van der Waals surface area contributed by atoms with Crippen LogP contribution in [0.3, 0.4) is 0 Å². The SMILES string of the molecule is CCNC(=NCCCOCC1CCCO1)NCCC(F)(F)F.I. The zero-order valence-corrected chi connectivity index (χ0v) is 15.8. The van der Waals surface area contributed by atoms with Gasteiger partial charge in [0, 0.05) is 32.8 Å². The van der Waals surface area contributed by atoms with Gasteiger partial charge in [-0.1, -0.05) is 0 Å². The average Bonchev–Trinajstić information content (AvgIpc) is 2.94. The smallest absolute Gasteiger partial charge is 0.379 e. The van der Waals surface area contributed by atoms with E-state index >= 15 is 0 Å². The summed E-state index contributed by atoms with van der Waals surface area (Å²) in [6.45, 7) is 4.80. The lowest BCUT2D eigenvalue weighted by Gasteiger charge is -2.12. The van der Waals surface area contributed by atoms with Crippen molar-refractivity contribution in [3.8, 4) is 0 Å². The molecule has 23 heavy (non-hydrogen) atoms. The van der Waals surface area contributed by atoms with Crippen LogP contribution in [0.2, 0.25) is 0 Å². The molecule has 1 atom stereocenters. The van der Waals surface area contributed by atoms with Crippen molar-refractivity contribution in [1.82, 2.24) is 10.6 Å². The zero-order valence-electron chi connectivity index (χ0n) is 13.5. The number of guanidine groups is 1. The van der Waals surface area contributed by atoms with E-state index in [1.165, 1.54) is 0 Å². The zero-order chi connectivity index (χ0) is 16.3. The molecule has 0 spiro atoms. The highest BCUT2D eigenvalue weighted by atomic mass is 127. The standard InChI is InChI=1S/C14H26F3N3O2.HI/c1-2-18-13(20-8-6-14(15,16)17)19-7-4-9-21-11-12-5-3-10-22-12;/h12H,2-11H2,1H3,(H2,18,19,20);1H. The Morgan fingerprint density at radius 1 is 1.35 bits per heavy atom. The van der Waals surface area contributed by atoms with Crippen molar-refractivity contribution in [2.45, 2.75) is 44.9 Å². The molecule has 0 amide bonds. The summed E-state index contributed by atoms with van der Waals surface area (Å²) in [5.41, 5.74) is 0. The van der Waals surface area contributed by atoms with E-state index < -0.39 is 12.6 Å². The molecule has 2 N–H and O–H groups in total. The van der Waals surface area contributed by atoms with Crippen LogP contribution in [0.5, 0.6) is 0 Å². The molecule has 1 aliphatic rings. The first-order valence-electron chi connectivity index (χ1n) is 7.79. The van der Waals surface area contributed by atoms with Gasteiger partial charge in [-0.15, -0.1) is 24.0 Å². The largest absolute Gasteiger partial charge is 0.390 e. The Kier molecular flexibility index (Phi) is 12.9. The third kappa shape index (κ3) is 12.8. The maximum atomic E-state index is 12.1. The third-order valence-electron chi connectivity index (χ3n) is 3.09. The van der Waals surface area contributed by atoms with Gasteiger partial charge in [-0.05, 0) is 26.2 Å². The lowest BCUT2D eigenvalue weighted by atomic mass is 10.2. The van der Waals surface area contributed by atoms with Crippen molar-refractivity contribution < 1.29 is 22.6 Å². The minimum atomic E-state index is -4.15. The molecule has 0 aromatic carbocycles. The molecule has 0 aliphatic carbocycles. The highest BCUT2D eigenvalue weighted by molar-refractivity contribution is 14.0. The van der Waals surface area contributed by atoms with Gasteiger partial charge in [-0.2, -0.15) is 13.2 Å². The number of nitrogens with one attached hydrogen (secondary N) is 2. The molecule has 1 fully saturated rings. The number of aliphatic imine (C=N–C) groups is 1. The van der Waals surface area contributed by atoms with Crippen LogP contribution in [0.4, 0.5) is 13.2 Å². The molecule has 0 aromatic heterocycles. The van der Waals surface area contributed by atoms with Gasteiger partial charge in [0.2, 0.25) is 0 Å². The van der Waals surface area contributed by atoms with Crippen molar-refractivity contribution in [3.05, 3.63) is 0 Å². The second kappa shape index (κ2) is 13.1. The average molecular weight is 453 g/mol. The van der Waals surface area contributed by atoms with E-state index in [0.29, 0.717) is 32.3 Å². The minimum Gasteiger partial charge on any atom is -0.379 e. The van der Waals surface area contributed by atoms with E-state index in [4.69, 9.17) is 9.47 Å². The molecule has 9 heteroatoms. The quantitative estimate of drug-likeness (QED) is 0.244. The van der Waals surface area contributed by atoms with Crippen molar-refractivity contribution in [2.75, 3.05) is 39.5 Å². The molecule has 1 saturated heterocycles. The van der Waals surface area contributed by atoms with Crippen LogP contribution in [-0.4, -0.2) is 57.7 Å². The van der Waals surface area contributed by atoms with Gasteiger partial charge in [0.15, 0.2) is 5.96 Å². The van der Waals surface area contributed by atoms with Gasteiger partial charge in [0.1, 0.15) is 0 Å². The lowest BCUT2D eigenvalue weighted by Crippen LogP contribution is -2.39. The second-order valence-electron chi connectivity index (χ2n) is 5.12. The summed E-state index contributed by atoms with van der Waals surface area (Å²) in [7, 11) is 0. The van der Waals surface area contributed by atoms with E-state index in [1.54, 1.807) is 0 Å². The highest BCUT2D eigenvalue weighted by Crippen LogP contribution is 2.18. The van der Waals surface area contributed by atoms with E-state index in [9.17, 15) is 13.2 Å². The van der Waals surface area contributed by atoms with Gasteiger partial charge in [-0.25, -0.2) is 0 Å². The van der Waals surface area contributed by atoms with Crippen LogP contribution in [0.15, 0.2) is 4.99 Å². The predicted octanol–water partition coefficient (Wildman–Crippen LogP) is 2.70. The summed E-state index contributed by atoms with van der Waals surface area (Å²) in [5.74, 6) is 0.408. The van der Waals surface area contributed by atoms with Gasteiger partial charge in [-0.3, -0.25) is 4.99 Å². The second-order valence-corrected chi connectivity index (χ2v) is 5.12. The number of hydrogen-bond donors (Lipinski definition) is 2. The van der Waals surface area contributed by atoms with Crippen LogP contribution in [-0.2, 0) is 9.47 Å². The first-order chi connectivity index (χ1) is 10.5. The maximum absolute atomic E-state index is 12.1. The molecule has 5 nitrogen and oxygen atoms in total. The lowest BCUT2D eigenvalue weighted by molar-refractivity contribution is -0.132. The number of ether oxygens (including phenoxy) is 2. The van der Waals surface area contributed by atoms with Crippen LogP contribution in [0, 0.1) is 0 Å². The van der Waals surface area contributed by atoms with E-state index in [0.717, 1.165) is 25.9 Å². The Hall–Kier alpha value is -0.290. The van der Waals surface area contributed by atoms with E-state index in [-0.39, 0.29) is 36.6 Å². The normalized spacial score (nSPS) is 18.6. The number of alkyl halides is 3. The van der Waals surface area contributed by atoms with Crippen LogP contribution in [0.25, 0.3) is 0 Å². The monoisotopic (exact) mass is 453 g/mol. The Bertz CT molecular complexity index is 325. The molecule has 0 radical (unpaired) electrons. The molecule has 1 rings (SSSR count). The molecular formula is C14H27F3IN3O2. The fraction of sp³-hybridized carbons (Fsp3) is 0.929. The Morgan fingerprint density at radius 3 is 2.74 bits per heavy atom. The molecule has 1 unspecified atom stereocenters. The van der Waals surface area contributed by atoms with Crippen molar-refractivity contribution in [3.63, 3.8) is 0 Å². The summed E-state index contributed by atoms with van der Waals surface area (Å²) in [6, 6.07) is 0. The van der Waals surface area contributed by atoms with Crippen LogP contribution < -0.4 is 10.6 Å². The van der Waals surface area contributed by atoms with Gasteiger partial charge in [0.05, 0.1) is 19.1 Å². The van der Waals surface area contributed by atoms with Crippen molar-refractivity contribution >= 4 is 29.9 Å². The molecular weight excluding hydrogens is 426 g/mol. The summed E-state index contributed by atoms with van der Waals surface area (Å²) >= 11 is 0. The number of hydrogen-bond acceptors (Lipinski definition) is 3. The molecule has 0 bridgehead atoms. The van der Waals surface area contributed by atoms with E-state index in [1.807, 2.05) is 6.92 Å². The minimum absolute atomic E-state index is 0. The fourth-order valence-electron chi connectivity index (χ4n) is 2.01. The molecule has 138 valence electrons. The van der Waals surface area contributed by atoms with Gasteiger partial charge < -0.3 is 20.1 Å². The van der Waals surface area contributed by atoms with Crippen LogP contribution in [0.1, 0.15) is 32.6 Å². The van der Waals surface area contributed by atoms with Gasteiger partial charge >= 0.3 is 6.18 Å². The van der Waals surface area contributed by atoms with Crippen molar-refractivity contribution in [1.29, 1.82) is 0 Å². The third-order valence-corrected chi connectivity index (χ3v) is 3.09.